The molecule has 0 N–H and O–H groups in total. The van der Waals surface area contributed by atoms with Crippen molar-refractivity contribution >= 4 is 15.9 Å². The van der Waals surface area contributed by atoms with Gasteiger partial charge in [0.25, 0.3) is 0 Å². The lowest BCUT2D eigenvalue weighted by Crippen LogP contribution is -2.45. The molecular weight excluding hydrogens is 328 g/mol. The zero-order valence-corrected chi connectivity index (χ0v) is 16.1. The molecule has 2 heterocycles. The van der Waals surface area contributed by atoms with Gasteiger partial charge in [-0.1, -0.05) is 6.92 Å². The van der Waals surface area contributed by atoms with Crippen LogP contribution in [0.3, 0.4) is 0 Å². The van der Waals surface area contributed by atoms with Crippen molar-refractivity contribution in [2.45, 2.75) is 63.9 Å². The first-order valence-corrected chi connectivity index (χ1v) is 9.90. The minimum atomic E-state index is -3.57. The van der Waals surface area contributed by atoms with Crippen molar-refractivity contribution in [2.24, 2.45) is 0 Å². The SMILES string of the molecule is CC[C@H]1CCCCN1C(=O)Cn1nc(C)c(S(=O)(=O)N(C)C)c1C. The summed E-state index contributed by atoms with van der Waals surface area (Å²) in [6, 6.07) is 0.285. The van der Waals surface area contributed by atoms with Gasteiger partial charge in [0.15, 0.2) is 0 Å². The highest BCUT2D eigenvalue weighted by atomic mass is 32.2. The Morgan fingerprint density at radius 2 is 1.96 bits per heavy atom. The third kappa shape index (κ3) is 3.49. The number of carbonyl (C=O) groups excluding carboxylic acids is 1. The summed E-state index contributed by atoms with van der Waals surface area (Å²) in [6.07, 6.45) is 4.18. The van der Waals surface area contributed by atoms with E-state index in [-0.39, 0.29) is 23.4 Å². The summed E-state index contributed by atoms with van der Waals surface area (Å²) < 4.78 is 27.6. The molecule has 1 atom stereocenters. The van der Waals surface area contributed by atoms with Crippen LogP contribution in [0.2, 0.25) is 0 Å². The zero-order chi connectivity index (χ0) is 18.1. The highest BCUT2D eigenvalue weighted by molar-refractivity contribution is 7.89. The number of likely N-dealkylation sites (tertiary alicyclic amines) is 1. The van der Waals surface area contributed by atoms with E-state index in [0.29, 0.717) is 11.4 Å². The fourth-order valence-electron chi connectivity index (χ4n) is 3.36. The van der Waals surface area contributed by atoms with Crippen molar-refractivity contribution in [3.63, 3.8) is 0 Å². The Hall–Kier alpha value is -1.41. The number of aromatic nitrogens is 2. The van der Waals surface area contributed by atoms with Gasteiger partial charge < -0.3 is 4.90 Å². The van der Waals surface area contributed by atoms with Crippen LogP contribution < -0.4 is 0 Å². The molecule has 0 spiro atoms. The van der Waals surface area contributed by atoms with Crippen molar-refractivity contribution in [3.05, 3.63) is 11.4 Å². The molecule has 0 bridgehead atoms. The van der Waals surface area contributed by atoms with Gasteiger partial charge in [-0.05, 0) is 39.5 Å². The Bertz CT molecular complexity index is 709. The number of rotatable bonds is 5. The Morgan fingerprint density at radius 3 is 2.54 bits per heavy atom. The molecule has 1 aliphatic heterocycles. The molecule has 1 fully saturated rings. The normalized spacial score (nSPS) is 19.1. The van der Waals surface area contributed by atoms with Crippen LogP contribution in [0.5, 0.6) is 0 Å². The van der Waals surface area contributed by atoms with Gasteiger partial charge in [-0.3, -0.25) is 9.48 Å². The zero-order valence-electron chi connectivity index (χ0n) is 15.2. The molecule has 1 aliphatic rings. The standard InChI is InChI=1S/C16H28N4O3S/c1-6-14-9-7-8-10-19(14)15(21)11-20-13(3)16(12(2)17-20)24(22,23)18(4)5/h14H,6-11H2,1-5H3/t14-/m0/s1. The molecule has 0 saturated carbocycles. The van der Waals surface area contributed by atoms with E-state index in [1.54, 1.807) is 13.8 Å². The van der Waals surface area contributed by atoms with Crippen LogP contribution in [-0.2, 0) is 21.4 Å². The van der Waals surface area contributed by atoms with Gasteiger partial charge in [0.2, 0.25) is 15.9 Å². The molecule has 24 heavy (non-hydrogen) atoms. The summed E-state index contributed by atoms with van der Waals surface area (Å²) in [4.78, 5) is 14.8. The third-order valence-electron chi connectivity index (χ3n) is 4.76. The molecule has 1 aromatic heterocycles. The monoisotopic (exact) mass is 356 g/mol. The van der Waals surface area contributed by atoms with E-state index in [0.717, 1.165) is 32.2 Å². The van der Waals surface area contributed by atoms with E-state index in [2.05, 4.69) is 12.0 Å². The topological polar surface area (TPSA) is 75.5 Å². The van der Waals surface area contributed by atoms with Gasteiger partial charge in [0, 0.05) is 26.7 Å². The second-order valence-electron chi connectivity index (χ2n) is 6.59. The lowest BCUT2D eigenvalue weighted by Gasteiger charge is -2.35. The molecule has 0 unspecified atom stereocenters. The van der Waals surface area contributed by atoms with Gasteiger partial charge >= 0.3 is 0 Å². The molecular formula is C16H28N4O3S. The predicted octanol–water partition coefficient (Wildman–Crippen LogP) is 1.54. The number of piperidine rings is 1. The Balaban J connectivity index is 2.27. The largest absolute Gasteiger partial charge is 0.338 e. The molecule has 2 rings (SSSR count). The second kappa shape index (κ2) is 7.23. The van der Waals surface area contributed by atoms with E-state index in [9.17, 15) is 13.2 Å². The molecule has 0 aliphatic carbocycles. The molecule has 1 aromatic rings. The van der Waals surface area contributed by atoms with Crippen molar-refractivity contribution in [1.82, 2.24) is 19.0 Å². The van der Waals surface area contributed by atoms with E-state index >= 15 is 0 Å². The van der Waals surface area contributed by atoms with Gasteiger partial charge in [-0.15, -0.1) is 0 Å². The smallest absolute Gasteiger partial charge is 0.246 e. The minimum Gasteiger partial charge on any atom is -0.338 e. The second-order valence-corrected chi connectivity index (χ2v) is 8.68. The first kappa shape index (κ1) is 18.9. The number of sulfonamides is 1. The number of nitrogens with zero attached hydrogens (tertiary/aromatic N) is 4. The van der Waals surface area contributed by atoms with Crippen molar-refractivity contribution in [2.75, 3.05) is 20.6 Å². The summed E-state index contributed by atoms with van der Waals surface area (Å²) in [5.74, 6) is 0.0148. The number of carbonyl (C=O) groups is 1. The van der Waals surface area contributed by atoms with Crippen LogP contribution in [0, 0.1) is 13.8 Å². The summed E-state index contributed by atoms with van der Waals surface area (Å²) in [6.45, 7) is 6.34. The molecule has 136 valence electrons. The first-order valence-electron chi connectivity index (χ1n) is 8.46. The minimum absolute atomic E-state index is 0.0148. The average Bonchev–Trinajstić information content (AvgIpc) is 2.81. The van der Waals surface area contributed by atoms with Crippen LogP contribution in [0.4, 0.5) is 0 Å². The quantitative estimate of drug-likeness (QED) is 0.802. The third-order valence-corrected chi connectivity index (χ3v) is 6.83. The Kier molecular flexibility index (Phi) is 5.70. The van der Waals surface area contributed by atoms with Crippen LogP contribution >= 0.6 is 0 Å². The number of aryl methyl sites for hydroxylation is 1. The van der Waals surface area contributed by atoms with E-state index in [1.807, 2.05) is 4.90 Å². The highest BCUT2D eigenvalue weighted by Crippen LogP contribution is 2.23. The summed E-state index contributed by atoms with van der Waals surface area (Å²) in [7, 11) is -0.576. The fraction of sp³-hybridized carbons (Fsp3) is 0.750. The number of hydrogen-bond acceptors (Lipinski definition) is 4. The maximum absolute atomic E-state index is 12.7. The molecule has 1 saturated heterocycles. The highest BCUT2D eigenvalue weighted by Gasteiger charge is 2.29. The Labute approximate surface area is 144 Å². The number of amides is 1. The molecule has 7 nitrogen and oxygen atoms in total. The van der Waals surface area contributed by atoms with Crippen molar-refractivity contribution in [1.29, 1.82) is 0 Å². The Morgan fingerprint density at radius 1 is 1.29 bits per heavy atom. The van der Waals surface area contributed by atoms with Gasteiger partial charge in [-0.2, -0.15) is 5.10 Å². The van der Waals surface area contributed by atoms with Gasteiger partial charge in [0.1, 0.15) is 11.4 Å². The molecule has 0 radical (unpaired) electrons. The summed E-state index contributed by atoms with van der Waals surface area (Å²) in [5.41, 5.74) is 0.944. The maximum atomic E-state index is 12.7. The molecule has 0 aromatic carbocycles. The predicted molar refractivity (Wildman–Crippen MR) is 92.2 cm³/mol. The summed E-state index contributed by atoms with van der Waals surface area (Å²) in [5, 5.41) is 4.31. The molecule has 8 heteroatoms. The number of hydrogen-bond donors (Lipinski definition) is 0. The average molecular weight is 356 g/mol. The van der Waals surface area contributed by atoms with Crippen LogP contribution in [0.15, 0.2) is 4.90 Å². The van der Waals surface area contributed by atoms with E-state index in [4.69, 9.17) is 0 Å². The first-order chi connectivity index (χ1) is 11.2. The van der Waals surface area contributed by atoms with E-state index < -0.39 is 10.0 Å². The van der Waals surface area contributed by atoms with Crippen molar-refractivity contribution < 1.29 is 13.2 Å². The van der Waals surface area contributed by atoms with Gasteiger partial charge in [0.05, 0.1) is 11.4 Å². The van der Waals surface area contributed by atoms with Crippen LogP contribution in [0.1, 0.15) is 44.0 Å². The van der Waals surface area contributed by atoms with Crippen LogP contribution in [0.25, 0.3) is 0 Å². The summed E-state index contributed by atoms with van der Waals surface area (Å²) >= 11 is 0. The van der Waals surface area contributed by atoms with E-state index in [1.165, 1.54) is 23.1 Å². The molecule has 1 amide bonds. The maximum Gasteiger partial charge on any atom is 0.246 e. The lowest BCUT2D eigenvalue weighted by molar-refractivity contribution is -0.135. The lowest BCUT2D eigenvalue weighted by atomic mass is 10.00. The fourth-order valence-corrected chi connectivity index (χ4v) is 4.62. The van der Waals surface area contributed by atoms with Gasteiger partial charge in [-0.25, -0.2) is 12.7 Å². The van der Waals surface area contributed by atoms with Crippen molar-refractivity contribution in [3.8, 4) is 0 Å². The van der Waals surface area contributed by atoms with Crippen LogP contribution in [-0.4, -0.2) is 60.0 Å².